The van der Waals surface area contributed by atoms with Crippen LogP contribution in [0.25, 0.3) is 21.5 Å². The predicted octanol–water partition coefficient (Wildman–Crippen LogP) is 5.09. The average Bonchev–Trinajstić information content (AvgIpc) is 3.14. The normalized spacial score (nSPS) is 10.8. The monoisotopic (exact) mass is 484 g/mol. The van der Waals surface area contributed by atoms with Crippen molar-refractivity contribution in [1.29, 1.82) is 0 Å². The highest BCUT2D eigenvalue weighted by Crippen LogP contribution is 2.36. The molecule has 9 heteroatoms. The van der Waals surface area contributed by atoms with Crippen LogP contribution in [0.3, 0.4) is 0 Å². The van der Waals surface area contributed by atoms with Gasteiger partial charge in [0.1, 0.15) is 11.5 Å². The van der Waals surface area contributed by atoms with Gasteiger partial charge in [0.15, 0.2) is 10.8 Å². The zero-order chi connectivity index (χ0) is 21.3. The molecule has 3 aromatic heterocycles. The number of rotatable bonds is 5. The highest BCUT2D eigenvalue weighted by Gasteiger charge is 2.19. The molecule has 0 atom stereocenters. The molecule has 4 rings (SSSR count). The minimum atomic E-state index is -0.312. The number of amides is 1. The molecule has 0 saturated heterocycles. The van der Waals surface area contributed by atoms with Crippen LogP contribution in [0, 0.1) is 6.92 Å². The van der Waals surface area contributed by atoms with E-state index in [1.165, 1.54) is 11.3 Å². The van der Waals surface area contributed by atoms with E-state index in [-0.39, 0.29) is 5.91 Å². The second-order valence-electron chi connectivity index (χ2n) is 6.39. The van der Waals surface area contributed by atoms with Crippen molar-refractivity contribution in [2.24, 2.45) is 0 Å². The summed E-state index contributed by atoms with van der Waals surface area (Å²) in [6, 6.07) is 9.24. The van der Waals surface area contributed by atoms with Crippen molar-refractivity contribution in [3.63, 3.8) is 0 Å². The van der Waals surface area contributed by atoms with Gasteiger partial charge in [0, 0.05) is 39.8 Å². The number of thiazole rings is 1. The molecule has 0 spiro atoms. The maximum atomic E-state index is 13.1. The molecule has 0 aliphatic heterocycles. The molecule has 0 bridgehead atoms. The van der Waals surface area contributed by atoms with Crippen molar-refractivity contribution in [3.8, 4) is 22.6 Å². The fourth-order valence-corrected chi connectivity index (χ4v) is 4.34. The van der Waals surface area contributed by atoms with Gasteiger partial charge in [0.25, 0.3) is 5.91 Å². The van der Waals surface area contributed by atoms with Gasteiger partial charge in [-0.3, -0.25) is 15.1 Å². The highest BCUT2D eigenvalue weighted by atomic mass is 79.9. The largest absolute Gasteiger partial charge is 0.497 e. The number of pyridine rings is 2. The van der Waals surface area contributed by atoms with Crippen LogP contribution in [0.5, 0.6) is 11.5 Å². The molecule has 0 aliphatic rings. The van der Waals surface area contributed by atoms with Crippen LogP contribution in [0.4, 0.5) is 5.13 Å². The number of benzene rings is 1. The van der Waals surface area contributed by atoms with Crippen molar-refractivity contribution in [2.45, 2.75) is 6.92 Å². The molecule has 1 N–H and O–H groups in total. The van der Waals surface area contributed by atoms with Crippen molar-refractivity contribution < 1.29 is 14.3 Å². The Labute approximate surface area is 185 Å². The van der Waals surface area contributed by atoms with E-state index in [0.717, 1.165) is 20.4 Å². The molecule has 0 unspecified atom stereocenters. The Morgan fingerprint density at radius 1 is 1.07 bits per heavy atom. The van der Waals surface area contributed by atoms with Gasteiger partial charge in [0.05, 0.1) is 24.5 Å². The summed E-state index contributed by atoms with van der Waals surface area (Å²) in [5.74, 6) is 0.956. The summed E-state index contributed by atoms with van der Waals surface area (Å²) < 4.78 is 12.5. The summed E-state index contributed by atoms with van der Waals surface area (Å²) in [5.41, 5.74) is 3.26. The van der Waals surface area contributed by atoms with Gasteiger partial charge in [-0.05, 0) is 47.1 Å². The lowest BCUT2D eigenvalue weighted by Crippen LogP contribution is -2.14. The van der Waals surface area contributed by atoms with Crippen LogP contribution in [-0.4, -0.2) is 35.1 Å². The number of aryl methyl sites for hydroxylation is 1. The minimum absolute atomic E-state index is 0.312. The molecular formula is C21H17BrN4O3S. The predicted molar refractivity (Wildman–Crippen MR) is 121 cm³/mol. The number of nitrogens with zero attached hydrogens (tertiary/aromatic N) is 3. The second-order valence-corrected chi connectivity index (χ2v) is 8.33. The van der Waals surface area contributed by atoms with Crippen LogP contribution >= 0.6 is 27.3 Å². The Morgan fingerprint density at radius 3 is 2.67 bits per heavy atom. The topological polar surface area (TPSA) is 86.2 Å². The van der Waals surface area contributed by atoms with Crippen molar-refractivity contribution in [2.75, 3.05) is 19.5 Å². The maximum absolute atomic E-state index is 13.1. The van der Waals surface area contributed by atoms with Crippen LogP contribution < -0.4 is 14.8 Å². The molecule has 0 radical (unpaired) electrons. The minimum Gasteiger partial charge on any atom is -0.497 e. The van der Waals surface area contributed by atoms with Crippen LogP contribution in [0.15, 0.2) is 47.2 Å². The first-order valence-corrected chi connectivity index (χ1v) is 10.5. The molecule has 0 saturated carbocycles. The fourth-order valence-electron chi connectivity index (χ4n) is 3.00. The Kier molecular flexibility index (Phi) is 5.65. The van der Waals surface area contributed by atoms with E-state index in [0.29, 0.717) is 33.4 Å². The first kappa shape index (κ1) is 20.2. The number of nitrogens with one attached hydrogen (secondary N) is 1. The number of halogens is 1. The summed E-state index contributed by atoms with van der Waals surface area (Å²) in [4.78, 5) is 26.1. The molecule has 7 nitrogen and oxygen atoms in total. The quantitative estimate of drug-likeness (QED) is 0.424. The lowest BCUT2D eigenvalue weighted by molar-refractivity contribution is 0.102. The van der Waals surface area contributed by atoms with Gasteiger partial charge in [-0.25, -0.2) is 4.98 Å². The van der Waals surface area contributed by atoms with Gasteiger partial charge >= 0.3 is 0 Å². The van der Waals surface area contributed by atoms with E-state index in [4.69, 9.17) is 9.47 Å². The van der Waals surface area contributed by atoms with Crippen molar-refractivity contribution >= 4 is 48.7 Å². The van der Waals surface area contributed by atoms with Gasteiger partial charge in [-0.15, -0.1) is 0 Å². The lowest BCUT2D eigenvalue weighted by atomic mass is 9.99. The van der Waals surface area contributed by atoms with Gasteiger partial charge in [0.2, 0.25) is 0 Å². The molecule has 1 aromatic carbocycles. The van der Waals surface area contributed by atoms with Gasteiger partial charge in [-0.1, -0.05) is 11.3 Å². The van der Waals surface area contributed by atoms with Crippen LogP contribution in [0.1, 0.15) is 16.1 Å². The van der Waals surface area contributed by atoms with E-state index in [2.05, 4.69) is 36.2 Å². The molecule has 30 heavy (non-hydrogen) atoms. The fraction of sp³-hybridized carbons (Fsp3) is 0.143. The SMILES string of the molecule is COc1ccc(-c2cc(C)ncc2C(=O)Nc2nc3ncc(Br)cc3s2)c(OC)c1. The molecule has 3 heterocycles. The summed E-state index contributed by atoms with van der Waals surface area (Å²) in [7, 11) is 3.17. The number of ether oxygens (including phenoxy) is 2. The molecule has 0 fully saturated rings. The van der Waals surface area contributed by atoms with Gasteiger partial charge < -0.3 is 9.47 Å². The molecule has 1 amide bonds. The highest BCUT2D eigenvalue weighted by molar-refractivity contribution is 9.10. The van der Waals surface area contributed by atoms with E-state index in [1.54, 1.807) is 32.7 Å². The number of aromatic nitrogens is 3. The number of hydrogen-bond acceptors (Lipinski definition) is 7. The van der Waals surface area contributed by atoms with Crippen LogP contribution in [-0.2, 0) is 0 Å². The number of fused-ring (bicyclic) bond motifs is 1. The number of anilines is 1. The van der Waals surface area contributed by atoms with E-state index >= 15 is 0 Å². The molecule has 152 valence electrons. The summed E-state index contributed by atoms with van der Waals surface area (Å²) >= 11 is 4.75. The third-order valence-electron chi connectivity index (χ3n) is 4.42. The Balaban J connectivity index is 1.73. The van der Waals surface area contributed by atoms with Crippen LogP contribution in [0.2, 0.25) is 0 Å². The second kappa shape index (κ2) is 8.37. The first-order chi connectivity index (χ1) is 14.5. The van der Waals surface area contributed by atoms with Crippen molar-refractivity contribution in [3.05, 3.63) is 58.5 Å². The summed E-state index contributed by atoms with van der Waals surface area (Å²) in [5, 5.41) is 3.33. The third kappa shape index (κ3) is 3.99. The lowest BCUT2D eigenvalue weighted by Gasteiger charge is -2.14. The van der Waals surface area contributed by atoms with E-state index < -0.39 is 0 Å². The van der Waals surface area contributed by atoms with Crippen molar-refractivity contribution in [1.82, 2.24) is 15.0 Å². The molecular weight excluding hydrogens is 468 g/mol. The van der Waals surface area contributed by atoms with E-state index in [9.17, 15) is 4.79 Å². The maximum Gasteiger partial charge on any atom is 0.259 e. The summed E-state index contributed by atoms with van der Waals surface area (Å²) in [6.07, 6.45) is 3.23. The van der Waals surface area contributed by atoms with E-state index in [1.807, 2.05) is 31.2 Å². The average molecular weight is 485 g/mol. The third-order valence-corrected chi connectivity index (χ3v) is 5.76. The van der Waals surface area contributed by atoms with Gasteiger partial charge in [-0.2, -0.15) is 4.98 Å². The number of hydrogen-bond donors (Lipinski definition) is 1. The smallest absolute Gasteiger partial charge is 0.259 e. The molecule has 0 aliphatic carbocycles. The molecule has 4 aromatic rings. The Hall–Kier alpha value is -3.04. The zero-order valence-electron chi connectivity index (χ0n) is 16.4. The zero-order valence-corrected chi connectivity index (χ0v) is 18.8. The number of carbonyl (C=O) groups is 1. The number of methoxy groups -OCH3 is 2. The standard InChI is InChI=1S/C21H17BrN4O3S/c1-11-6-15(14-5-4-13(28-2)8-17(14)29-3)16(10-23-11)20(27)26-21-25-19-18(30-21)7-12(22)9-24-19/h4-10H,1-3H3,(H,24,25,26,27). The Bertz CT molecular complexity index is 1260. The summed E-state index contributed by atoms with van der Waals surface area (Å²) in [6.45, 7) is 1.87. The number of carbonyl (C=O) groups excluding carboxylic acids is 1. The first-order valence-electron chi connectivity index (χ1n) is 8.91. The Morgan fingerprint density at radius 2 is 1.90 bits per heavy atom.